The number of ether oxygens (including phenoxy) is 3. The molecular formula is C62H53N7O8. The van der Waals surface area contributed by atoms with Crippen molar-refractivity contribution in [1.29, 1.82) is 0 Å². The number of morpholine rings is 1. The van der Waals surface area contributed by atoms with E-state index in [1.54, 1.807) is 54.1 Å². The molecule has 77 heavy (non-hydrogen) atoms. The average Bonchev–Trinajstić information content (AvgIpc) is 4.16. The summed E-state index contributed by atoms with van der Waals surface area (Å²) < 4.78 is 19.8. The Hall–Kier alpha value is -9.26. The van der Waals surface area contributed by atoms with E-state index in [9.17, 15) is 5.11 Å². The molecule has 0 radical (unpaired) electrons. The Morgan fingerprint density at radius 3 is 2.16 bits per heavy atom. The quantitative estimate of drug-likeness (QED) is 0.105. The van der Waals surface area contributed by atoms with Gasteiger partial charge in [0.15, 0.2) is 11.5 Å². The molecule has 7 aromatic carbocycles. The van der Waals surface area contributed by atoms with Gasteiger partial charge in [-0.05, 0) is 107 Å². The number of rotatable bonds is 9. The molecule has 7 atom stereocenters. The van der Waals surface area contributed by atoms with Crippen LogP contribution in [0.1, 0.15) is 75.7 Å². The largest absolute Gasteiger partial charge is 0.508 e. The molecular weight excluding hydrogens is 971 g/mol. The number of para-hydroxylation sites is 1. The minimum atomic E-state index is -2.04. The molecule has 4 aliphatic rings. The lowest BCUT2D eigenvalue weighted by molar-refractivity contribution is -0.179. The highest BCUT2D eigenvalue weighted by atomic mass is 16.6. The molecule has 15 heteroatoms. The number of imide groups is 1. The van der Waals surface area contributed by atoms with Crippen LogP contribution in [0.3, 0.4) is 0 Å². The molecule has 0 unspecified atom stereocenters. The number of phenols is 1. The van der Waals surface area contributed by atoms with Crippen LogP contribution in [0.15, 0.2) is 170 Å². The van der Waals surface area contributed by atoms with Crippen molar-refractivity contribution in [3.05, 3.63) is 214 Å². The van der Waals surface area contributed by atoms with Gasteiger partial charge >= 0.3 is 12.0 Å². The fourth-order valence-corrected chi connectivity index (χ4v) is 12.2. The number of hydrogen-bond acceptors (Lipinski definition) is 11. The summed E-state index contributed by atoms with van der Waals surface area (Å²) in [6.07, 6.45) is -0.495. The number of nitrogens with one attached hydrogen (secondary N) is 1. The Bertz CT molecular complexity index is 3660. The fraction of sp³-hybridized carbons (Fsp3) is 0.226. The predicted octanol–water partition coefficient (Wildman–Crippen LogP) is 8.93. The van der Waals surface area contributed by atoms with E-state index in [1.807, 2.05) is 139 Å². The maximum atomic E-state index is 17.0. The van der Waals surface area contributed by atoms with E-state index in [1.165, 1.54) is 12.1 Å². The molecule has 384 valence electrons. The number of esters is 1. The third-order valence-corrected chi connectivity index (χ3v) is 15.7. The van der Waals surface area contributed by atoms with Crippen molar-refractivity contribution < 1.29 is 38.5 Å². The smallest absolute Gasteiger partial charge is 0.329 e. The molecule has 0 saturated carbocycles. The van der Waals surface area contributed by atoms with Crippen molar-refractivity contribution in [2.45, 2.75) is 62.1 Å². The second-order valence-corrected chi connectivity index (χ2v) is 19.8. The summed E-state index contributed by atoms with van der Waals surface area (Å²) in [5, 5.41) is 22.7. The number of carbonyl (C=O) groups excluding carboxylic acids is 4. The van der Waals surface area contributed by atoms with Crippen molar-refractivity contribution in [3.8, 4) is 29.1 Å². The summed E-state index contributed by atoms with van der Waals surface area (Å²) in [7, 11) is 3.13. The number of aromatic hydroxyl groups is 1. The van der Waals surface area contributed by atoms with Crippen LogP contribution in [0.2, 0.25) is 0 Å². The number of aromatic nitrogens is 3. The van der Waals surface area contributed by atoms with Crippen LogP contribution in [0.25, 0.3) is 11.0 Å². The zero-order valence-corrected chi connectivity index (χ0v) is 42.4. The van der Waals surface area contributed by atoms with Crippen molar-refractivity contribution >= 4 is 40.5 Å². The standard InChI is InChI=1S/C62H53N7O8/c1-38(40-17-7-4-8-18-40)63-61(74)68-49-30-25-39(16-15-32-67-50-24-14-13-23-48(50)64-65-67)34-47(49)62(60(68)73)53(58(71)66-33-31-44-35-51(75-2)52(76-3)36-45(44)37-66)55-59(72)77-56(42-21-11-6-12-22-42)54(41-19-9-5-10-20-41)69(55)57(62)43-26-28-46(70)29-27-43/h4-14,17-30,34-36,38,53-57,70H,31-33,37H2,1-3H3,(H,63,74)/t38-,53+,54+,55+,56-,57-,62+/m1/s1. The second-order valence-electron chi connectivity index (χ2n) is 19.8. The number of carbonyl (C=O) groups is 4. The highest BCUT2D eigenvalue weighted by Gasteiger charge is 2.76. The number of methoxy groups -OCH3 is 2. The monoisotopic (exact) mass is 1020 g/mol. The van der Waals surface area contributed by atoms with E-state index in [-0.39, 0.29) is 31.1 Å². The van der Waals surface area contributed by atoms with Gasteiger partial charge in [-0.3, -0.25) is 19.3 Å². The van der Waals surface area contributed by atoms with E-state index in [0.29, 0.717) is 40.2 Å². The lowest BCUT2D eigenvalue weighted by Gasteiger charge is -2.46. The molecule has 2 saturated heterocycles. The molecule has 15 nitrogen and oxygen atoms in total. The molecule has 2 fully saturated rings. The van der Waals surface area contributed by atoms with Gasteiger partial charge in [-0.15, -0.1) is 5.10 Å². The SMILES string of the molecule is COc1cc2c(cc1OC)CN(C(=O)[C@@H]1[C@H]3C(=O)O[C@H](c4ccccc4)[C@H](c4ccccc4)N3[C@H](c3ccc(O)cc3)[C@@]13C(=O)N(C(=O)N[C@H](C)c1ccccc1)c1ccc(C#CCn4nnc5ccccc54)cc13)CC2. The van der Waals surface area contributed by atoms with Gasteiger partial charge in [0.2, 0.25) is 11.8 Å². The zero-order valence-electron chi connectivity index (χ0n) is 42.4. The highest BCUT2D eigenvalue weighted by molar-refractivity contribution is 6.24. The van der Waals surface area contributed by atoms with E-state index < -0.39 is 65.4 Å². The molecule has 8 aromatic rings. The third-order valence-electron chi connectivity index (χ3n) is 15.7. The van der Waals surface area contributed by atoms with Gasteiger partial charge in [-0.2, -0.15) is 0 Å². The van der Waals surface area contributed by atoms with E-state index in [2.05, 4.69) is 27.5 Å². The molecule has 12 rings (SSSR count). The maximum absolute atomic E-state index is 17.0. The lowest BCUT2D eigenvalue weighted by Crippen LogP contribution is -2.57. The molecule has 1 spiro atoms. The van der Waals surface area contributed by atoms with Crippen LogP contribution < -0.4 is 19.7 Å². The minimum absolute atomic E-state index is 0.0318. The number of benzene rings is 7. The molecule has 5 heterocycles. The van der Waals surface area contributed by atoms with Crippen LogP contribution in [0, 0.1) is 17.8 Å². The first-order chi connectivity index (χ1) is 37.6. The Balaban J connectivity index is 1.11. The van der Waals surface area contributed by atoms with E-state index >= 15 is 19.2 Å². The number of cyclic esters (lactones) is 1. The van der Waals surface area contributed by atoms with Crippen molar-refractivity contribution in [3.63, 3.8) is 0 Å². The molecule has 0 bridgehead atoms. The van der Waals surface area contributed by atoms with Crippen molar-refractivity contribution in [1.82, 2.24) is 30.1 Å². The van der Waals surface area contributed by atoms with E-state index in [0.717, 1.165) is 38.2 Å². The number of phenolic OH excluding ortho intramolecular Hbond substituents is 1. The minimum Gasteiger partial charge on any atom is -0.508 e. The highest BCUT2D eigenvalue weighted by Crippen LogP contribution is 2.66. The van der Waals surface area contributed by atoms with Crippen LogP contribution in [0.4, 0.5) is 10.5 Å². The van der Waals surface area contributed by atoms with Gasteiger partial charge in [0.25, 0.3) is 0 Å². The first kappa shape index (κ1) is 48.7. The average molecular weight is 1020 g/mol. The number of hydrogen-bond donors (Lipinski definition) is 2. The molecule has 1 aromatic heterocycles. The van der Waals surface area contributed by atoms with Gasteiger partial charge < -0.3 is 29.5 Å². The van der Waals surface area contributed by atoms with Gasteiger partial charge in [0, 0.05) is 18.7 Å². The summed E-state index contributed by atoms with van der Waals surface area (Å²) >= 11 is 0. The lowest BCUT2D eigenvalue weighted by atomic mass is 9.64. The van der Waals surface area contributed by atoms with Gasteiger partial charge in [-0.1, -0.05) is 132 Å². The topological polar surface area (TPSA) is 169 Å². The second kappa shape index (κ2) is 19.8. The Labute approximate surface area is 444 Å². The molecule has 0 aliphatic carbocycles. The number of anilines is 1. The maximum Gasteiger partial charge on any atom is 0.329 e. The summed E-state index contributed by atoms with van der Waals surface area (Å²) in [5.74, 6) is 4.15. The summed E-state index contributed by atoms with van der Waals surface area (Å²) in [4.78, 5) is 69.6. The zero-order chi connectivity index (χ0) is 53.0. The van der Waals surface area contributed by atoms with Crippen molar-refractivity contribution in [2.24, 2.45) is 5.92 Å². The molecule has 4 aliphatic heterocycles. The van der Waals surface area contributed by atoms with Crippen LogP contribution >= 0.6 is 0 Å². The van der Waals surface area contributed by atoms with Gasteiger partial charge in [0.05, 0.1) is 49.5 Å². The van der Waals surface area contributed by atoms with Crippen LogP contribution in [-0.4, -0.2) is 80.5 Å². The number of amides is 4. The Morgan fingerprint density at radius 2 is 1.44 bits per heavy atom. The molecule has 2 N–H and O–H groups in total. The van der Waals surface area contributed by atoms with Crippen LogP contribution in [-0.2, 0) is 44.0 Å². The third kappa shape index (κ3) is 8.20. The summed E-state index contributed by atoms with van der Waals surface area (Å²) in [5.41, 5.74) is 5.07. The van der Waals surface area contributed by atoms with Gasteiger partial charge in [-0.25, -0.2) is 14.4 Å². The Morgan fingerprint density at radius 1 is 0.779 bits per heavy atom. The predicted molar refractivity (Wildman–Crippen MR) is 286 cm³/mol. The normalized spacial score (nSPS) is 21.8. The van der Waals surface area contributed by atoms with E-state index in [4.69, 9.17) is 14.2 Å². The van der Waals surface area contributed by atoms with Crippen LogP contribution in [0.5, 0.6) is 17.2 Å². The summed E-state index contributed by atoms with van der Waals surface area (Å²) in [6.45, 7) is 2.37. The number of nitrogens with zero attached hydrogens (tertiary/aromatic N) is 6. The first-order valence-corrected chi connectivity index (χ1v) is 25.6. The van der Waals surface area contributed by atoms with Crippen molar-refractivity contribution in [2.75, 3.05) is 25.7 Å². The first-order valence-electron chi connectivity index (χ1n) is 25.6. The Kier molecular flexibility index (Phi) is 12.5. The van der Waals surface area contributed by atoms with Gasteiger partial charge in [0.1, 0.15) is 35.4 Å². The number of urea groups is 1. The fourth-order valence-electron chi connectivity index (χ4n) is 12.2. The molecule has 4 amide bonds. The number of fused-ring (bicyclic) bond motifs is 5. The summed E-state index contributed by atoms with van der Waals surface area (Å²) in [6, 6.07) is 47.0.